The third kappa shape index (κ3) is 2.75. The van der Waals surface area contributed by atoms with Crippen LogP contribution < -0.4 is 15.4 Å². The van der Waals surface area contributed by atoms with Crippen LogP contribution in [0.1, 0.15) is 12.8 Å². The molecule has 0 aromatic heterocycles. The van der Waals surface area contributed by atoms with E-state index in [0.717, 1.165) is 31.5 Å². The van der Waals surface area contributed by atoms with Crippen molar-refractivity contribution >= 4 is 35.6 Å². The normalized spacial score (nSPS) is 17.8. The van der Waals surface area contributed by atoms with Crippen LogP contribution >= 0.6 is 24.0 Å². The second-order valence-corrected chi connectivity index (χ2v) is 4.94. The molecule has 0 saturated carbocycles. The molecule has 3 rings (SSSR count). The average Bonchev–Trinajstić information content (AvgIpc) is 2.38. The molecule has 1 amide bonds. The Balaban J connectivity index is 0.00000147. The number of benzene rings is 1. The molecular formula is C13H13Cl2FN2O2. The number of rotatable bonds is 0. The van der Waals surface area contributed by atoms with E-state index < -0.39 is 5.82 Å². The van der Waals surface area contributed by atoms with Gasteiger partial charge in [-0.05, 0) is 43.6 Å². The number of carbonyl (C=O) groups is 1. The number of ether oxygens (including phenoxy) is 1. The minimum absolute atomic E-state index is 0. The van der Waals surface area contributed by atoms with Crippen molar-refractivity contribution in [1.82, 2.24) is 5.32 Å². The van der Waals surface area contributed by atoms with Gasteiger partial charge in [-0.2, -0.15) is 0 Å². The Morgan fingerprint density at radius 1 is 1.25 bits per heavy atom. The number of carbonyl (C=O) groups excluding carboxylic acids is 1. The quantitative estimate of drug-likeness (QED) is 0.723. The number of halogens is 3. The van der Waals surface area contributed by atoms with Crippen LogP contribution in [0.4, 0.5) is 10.1 Å². The monoisotopic (exact) mass is 318 g/mol. The Hall–Kier alpha value is -1.30. The van der Waals surface area contributed by atoms with E-state index in [0.29, 0.717) is 0 Å². The van der Waals surface area contributed by atoms with E-state index in [-0.39, 0.29) is 40.5 Å². The van der Waals surface area contributed by atoms with Gasteiger partial charge in [-0.3, -0.25) is 4.79 Å². The lowest BCUT2D eigenvalue weighted by atomic mass is 10.0. The molecule has 2 aliphatic rings. The zero-order valence-electron chi connectivity index (χ0n) is 10.5. The molecule has 2 aliphatic heterocycles. The Kier molecular flexibility index (Phi) is 4.52. The second kappa shape index (κ2) is 5.99. The molecule has 108 valence electrons. The van der Waals surface area contributed by atoms with Crippen LogP contribution in [0.15, 0.2) is 23.5 Å². The van der Waals surface area contributed by atoms with Gasteiger partial charge in [0.1, 0.15) is 0 Å². The predicted octanol–water partition coefficient (Wildman–Crippen LogP) is 2.87. The zero-order valence-corrected chi connectivity index (χ0v) is 12.0. The van der Waals surface area contributed by atoms with Crippen molar-refractivity contribution in [1.29, 1.82) is 0 Å². The van der Waals surface area contributed by atoms with Crippen molar-refractivity contribution in [2.45, 2.75) is 12.8 Å². The molecule has 7 heteroatoms. The fourth-order valence-electron chi connectivity index (χ4n) is 2.27. The lowest BCUT2D eigenvalue weighted by Gasteiger charge is -2.25. The molecule has 0 radical (unpaired) electrons. The Bertz CT molecular complexity index is 582. The molecule has 2 N–H and O–H groups in total. The molecule has 1 saturated heterocycles. The molecule has 0 atom stereocenters. The molecule has 1 aromatic rings. The molecular weight excluding hydrogens is 306 g/mol. The van der Waals surface area contributed by atoms with Crippen LogP contribution in [-0.2, 0) is 4.79 Å². The highest BCUT2D eigenvalue weighted by molar-refractivity contribution is 6.31. The first-order chi connectivity index (χ1) is 9.15. The highest BCUT2D eigenvalue weighted by Crippen LogP contribution is 2.37. The largest absolute Gasteiger partial charge is 0.446 e. The summed E-state index contributed by atoms with van der Waals surface area (Å²) in [4.78, 5) is 12.0. The number of piperidine rings is 1. The number of anilines is 1. The zero-order chi connectivity index (χ0) is 13.4. The van der Waals surface area contributed by atoms with Crippen LogP contribution in [0.5, 0.6) is 5.75 Å². The van der Waals surface area contributed by atoms with E-state index in [1.165, 1.54) is 12.1 Å². The standard InChI is InChI=1S/C13H12ClFN2O2.ClH/c14-8-5-9(15)12-10(6-8)17-13(18)11(19-12)7-1-3-16-4-2-7;/h5-6,16H,1-4H2,(H,17,18);1H. The minimum atomic E-state index is -0.575. The van der Waals surface area contributed by atoms with Gasteiger partial charge in [0.2, 0.25) is 0 Å². The SMILES string of the molecule is Cl.O=C1Nc2cc(Cl)cc(F)c2OC1=C1CCNCC1. The molecule has 0 aliphatic carbocycles. The molecule has 0 spiro atoms. The maximum absolute atomic E-state index is 13.8. The maximum Gasteiger partial charge on any atom is 0.291 e. The minimum Gasteiger partial charge on any atom is -0.446 e. The second-order valence-electron chi connectivity index (χ2n) is 4.50. The topological polar surface area (TPSA) is 50.4 Å². The maximum atomic E-state index is 13.8. The molecule has 4 nitrogen and oxygen atoms in total. The van der Waals surface area contributed by atoms with E-state index in [4.69, 9.17) is 16.3 Å². The summed E-state index contributed by atoms with van der Waals surface area (Å²) in [5, 5.41) is 6.04. The van der Waals surface area contributed by atoms with Gasteiger partial charge in [0.15, 0.2) is 17.3 Å². The van der Waals surface area contributed by atoms with Crippen LogP contribution in [0.25, 0.3) is 0 Å². The van der Waals surface area contributed by atoms with Gasteiger partial charge >= 0.3 is 0 Å². The third-order valence-corrected chi connectivity index (χ3v) is 3.41. The lowest BCUT2D eigenvalue weighted by molar-refractivity contribution is -0.115. The van der Waals surface area contributed by atoms with Crippen molar-refractivity contribution in [2.24, 2.45) is 0 Å². The van der Waals surface area contributed by atoms with Crippen LogP contribution in [0.3, 0.4) is 0 Å². The summed E-state index contributed by atoms with van der Waals surface area (Å²) < 4.78 is 19.3. The van der Waals surface area contributed by atoms with Gasteiger partial charge in [-0.25, -0.2) is 4.39 Å². The van der Waals surface area contributed by atoms with E-state index in [1.807, 2.05) is 0 Å². The summed E-state index contributed by atoms with van der Waals surface area (Å²) in [6, 6.07) is 2.64. The molecule has 0 bridgehead atoms. The summed E-state index contributed by atoms with van der Waals surface area (Å²) in [7, 11) is 0. The first-order valence-corrected chi connectivity index (χ1v) is 6.44. The first-order valence-electron chi connectivity index (χ1n) is 6.06. The van der Waals surface area contributed by atoms with Gasteiger partial charge in [0.05, 0.1) is 5.69 Å². The molecule has 20 heavy (non-hydrogen) atoms. The summed E-state index contributed by atoms with van der Waals surface area (Å²) in [6.45, 7) is 1.59. The Labute approximate surface area is 126 Å². The molecule has 2 heterocycles. The molecule has 0 unspecified atom stereocenters. The van der Waals surface area contributed by atoms with Crippen LogP contribution in [0, 0.1) is 5.82 Å². The summed E-state index contributed by atoms with van der Waals surface area (Å²) in [6.07, 6.45) is 1.46. The smallest absolute Gasteiger partial charge is 0.291 e. The van der Waals surface area contributed by atoms with Crippen molar-refractivity contribution < 1.29 is 13.9 Å². The lowest BCUT2D eigenvalue weighted by Crippen LogP contribution is -2.30. The van der Waals surface area contributed by atoms with Crippen molar-refractivity contribution in [2.75, 3.05) is 18.4 Å². The van der Waals surface area contributed by atoms with Gasteiger partial charge in [-0.1, -0.05) is 11.6 Å². The predicted molar refractivity (Wildman–Crippen MR) is 77.0 cm³/mol. The fraction of sp³-hybridized carbons (Fsp3) is 0.308. The van der Waals surface area contributed by atoms with Gasteiger partial charge < -0.3 is 15.4 Å². The van der Waals surface area contributed by atoms with Crippen molar-refractivity contribution in [3.05, 3.63) is 34.3 Å². The Morgan fingerprint density at radius 2 is 1.95 bits per heavy atom. The number of hydrogen-bond acceptors (Lipinski definition) is 3. The van der Waals surface area contributed by atoms with E-state index in [1.54, 1.807) is 0 Å². The number of hydrogen-bond donors (Lipinski definition) is 2. The third-order valence-electron chi connectivity index (χ3n) is 3.20. The summed E-state index contributed by atoms with van der Waals surface area (Å²) in [5.74, 6) is -0.666. The number of amides is 1. The van der Waals surface area contributed by atoms with Crippen molar-refractivity contribution in [3.63, 3.8) is 0 Å². The highest BCUT2D eigenvalue weighted by atomic mass is 35.5. The number of nitrogens with one attached hydrogen (secondary N) is 2. The fourth-order valence-corrected chi connectivity index (χ4v) is 2.48. The first kappa shape index (κ1) is 15.1. The van der Waals surface area contributed by atoms with E-state index in [9.17, 15) is 9.18 Å². The van der Waals surface area contributed by atoms with E-state index >= 15 is 0 Å². The molecule has 1 fully saturated rings. The number of fused-ring (bicyclic) bond motifs is 1. The van der Waals surface area contributed by atoms with E-state index in [2.05, 4.69) is 10.6 Å². The summed E-state index contributed by atoms with van der Waals surface area (Å²) in [5.41, 5.74) is 1.18. The highest BCUT2D eigenvalue weighted by Gasteiger charge is 2.28. The molecule has 1 aromatic carbocycles. The Morgan fingerprint density at radius 3 is 2.65 bits per heavy atom. The van der Waals surface area contributed by atoms with Gasteiger partial charge in [0, 0.05) is 5.02 Å². The van der Waals surface area contributed by atoms with Crippen LogP contribution in [-0.4, -0.2) is 19.0 Å². The van der Waals surface area contributed by atoms with Crippen molar-refractivity contribution in [3.8, 4) is 5.75 Å². The van der Waals surface area contributed by atoms with Gasteiger partial charge in [-0.15, -0.1) is 12.4 Å². The van der Waals surface area contributed by atoms with Crippen LogP contribution in [0.2, 0.25) is 5.02 Å². The van der Waals surface area contributed by atoms with Gasteiger partial charge in [0.25, 0.3) is 5.91 Å². The summed E-state index contributed by atoms with van der Waals surface area (Å²) >= 11 is 5.75. The average molecular weight is 319 g/mol.